The molecule has 4 aromatic heterocycles. The molecule has 0 saturated carbocycles. The number of anilines is 1. The van der Waals surface area contributed by atoms with Crippen LogP contribution in [0.3, 0.4) is 0 Å². The smallest absolute Gasteiger partial charge is 0.433 e. The van der Waals surface area contributed by atoms with Crippen molar-refractivity contribution in [2.75, 3.05) is 19.1 Å². The van der Waals surface area contributed by atoms with Gasteiger partial charge in [-0.1, -0.05) is 18.1 Å². The number of amides is 1. The van der Waals surface area contributed by atoms with Crippen molar-refractivity contribution in [2.45, 2.75) is 39.2 Å². The number of aryl methyl sites for hydroxylation is 2. The third kappa shape index (κ3) is 6.16. The second-order valence-electron chi connectivity index (χ2n) is 10.0. The van der Waals surface area contributed by atoms with E-state index in [0.29, 0.717) is 28.3 Å². The number of hydrogen-bond acceptors (Lipinski definition) is 9. The number of alkyl halides is 3. The molecule has 1 amide bonds. The number of nitrogens with zero attached hydrogens (tertiary/aromatic N) is 7. The van der Waals surface area contributed by atoms with Gasteiger partial charge in [-0.05, 0) is 41.8 Å². The number of fused-ring (bicyclic) bond motifs is 1. The summed E-state index contributed by atoms with van der Waals surface area (Å²) in [7, 11) is 4.31. The van der Waals surface area contributed by atoms with Crippen molar-refractivity contribution in [1.29, 1.82) is 0 Å². The van der Waals surface area contributed by atoms with E-state index in [9.17, 15) is 27.6 Å². The maximum absolute atomic E-state index is 14.0. The minimum Gasteiger partial charge on any atom is -0.493 e. The third-order valence-corrected chi connectivity index (χ3v) is 7.16. The van der Waals surface area contributed by atoms with Crippen LogP contribution in [0.4, 0.5) is 19.0 Å². The molecule has 0 radical (unpaired) electrons. The highest BCUT2D eigenvalue weighted by molar-refractivity contribution is 5.93. The SMILES string of the molecule is CCc1cc(N(Cc2ccc(OC)c(OC)c2)C(=O)Cn2cnc3c2c(=O)n(Cc2ccon2)c(=O)n3C)nc(C(F)(F)F)c1. The number of halogens is 3. The van der Waals surface area contributed by atoms with Gasteiger partial charge >= 0.3 is 11.9 Å². The van der Waals surface area contributed by atoms with Gasteiger partial charge < -0.3 is 18.6 Å². The van der Waals surface area contributed by atoms with Crippen LogP contribution in [0.1, 0.15) is 29.4 Å². The van der Waals surface area contributed by atoms with E-state index in [2.05, 4.69) is 15.1 Å². The summed E-state index contributed by atoms with van der Waals surface area (Å²) in [6.07, 6.45) is -2.00. The van der Waals surface area contributed by atoms with Crippen LogP contribution in [0.5, 0.6) is 11.5 Å². The van der Waals surface area contributed by atoms with Crippen molar-refractivity contribution >= 4 is 22.9 Å². The number of hydrogen-bond donors (Lipinski definition) is 0. The van der Waals surface area contributed by atoms with Crippen molar-refractivity contribution in [2.24, 2.45) is 7.05 Å². The predicted octanol–water partition coefficient (Wildman–Crippen LogP) is 3.16. The van der Waals surface area contributed by atoms with Crippen LogP contribution in [-0.4, -0.2) is 49.0 Å². The Balaban J connectivity index is 1.60. The molecule has 45 heavy (non-hydrogen) atoms. The van der Waals surface area contributed by atoms with E-state index < -0.39 is 35.6 Å². The second kappa shape index (κ2) is 12.3. The summed E-state index contributed by atoms with van der Waals surface area (Å²) in [5.74, 6) is -0.166. The topological polar surface area (TPSA) is 140 Å². The highest BCUT2D eigenvalue weighted by Gasteiger charge is 2.34. The number of rotatable bonds is 10. The molecule has 0 N–H and O–H groups in total. The fourth-order valence-electron chi connectivity index (χ4n) is 4.81. The quantitative estimate of drug-likeness (QED) is 0.228. The molecule has 0 aliphatic heterocycles. The molecule has 0 bridgehead atoms. The molecule has 0 aliphatic rings. The van der Waals surface area contributed by atoms with Gasteiger partial charge in [-0.25, -0.2) is 14.8 Å². The summed E-state index contributed by atoms with van der Waals surface area (Å²) < 4.78 is 60.3. The highest BCUT2D eigenvalue weighted by atomic mass is 19.4. The largest absolute Gasteiger partial charge is 0.493 e. The van der Waals surface area contributed by atoms with Gasteiger partial charge in [0.05, 0.1) is 33.6 Å². The first-order chi connectivity index (χ1) is 21.4. The molecule has 0 atom stereocenters. The van der Waals surface area contributed by atoms with Gasteiger partial charge in [0.2, 0.25) is 5.91 Å². The second-order valence-corrected chi connectivity index (χ2v) is 10.0. The predicted molar refractivity (Wildman–Crippen MR) is 154 cm³/mol. The highest BCUT2D eigenvalue weighted by Crippen LogP contribution is 2.32. The van der Waals surface area contributed by atoms with Crippen molar-refractivity contribution in [3.63, 3.8) is 0 Å². The molecular weight excluding hydrogens is 599 g/mol. The van der Waals surface area contributed by atoms with Gasteiger partial charge in [-0.3, -0.25) is 23.6 Å². The number of ether oxygens (including phenoxy) is 2. The Morgan fingerprint density at radius 2 is 1.80 bits per heavy atom. The summed E-state index contributed by atoms with van der Waals surface area (Å²) in [6, 6.07) is 8.68. The van der Waals surface area contributed by atoms with Crippen LogP contribution in [-0.2, 0) is 44.1 Å². The van der Waals surface area contributed by atoms with Crippen LogP contribution in [0.25, 0.3) is 11.2 Å². The standard InChI is InChI=1S/C29H28F3N7O6/c1-5-17-11-22(29(30,31)32)34-23(12-17)38(13-18-6-7-20(43-3)21(10-18)44-4)24(40)15-37-16-33-26-25(37)27(41)39(28(42)36(26)2)14-19-8-9-45-35-19/h6-12,16H,5,13-15H2,1-4H3. The fourth-order valence-corrected chi connectivity index (χ4v) is 4.81. The lowest BCUT2D eigenvalue weighted by Gasteiger charge is -2.24. The van der Waals surface area contributed by atoms with E-state index in [4.69, 9.17) is 14.0 Å². The van der Waals surface area contributed by atoms with E-state index in [1.807, 2.05) is 0 Å². The number of imidazole rings is 1. The Hall–Kier alpha value is -5.41. The maximum atomic E-state index is 14.0. The number of carbonyl (C=O) groups excluding carboxylic acids is 1. The molecule has 236 valence electrons. The normalized spacial score (nSPS) is 11.6. The third-order valence-electron chi connectivity index (χ3n) is 7.16. The molecule has 0 unspecified atom stereocenters. The summed E-state index contributed by atoms with van der Waals surface area (Å²) in [4.78, 5) is 49.6. The molecule has 1 aromatic carbocycles. The van der Waals surface area contributed by atoms with Gasteiger partial charge in [-0.15, -0.1) is 0 Å². The summed E-state index contributed by atoms with van der Waals surface area (Å²) in [6.45, 7) is 0.779. The molecule has 16 heteroatoms. The number of aromatic nitrogens is 6. The monoisotopic (exact) mass is 627 g/mol. The molecule has 0 spiro atoms. The first-order valence-corrected chi connectivity index (χ1v) is 13.6. The van der Waals surface area contributed by atoms with Gasteiger partial charge in [0, 0.05) is 13.1 Å². The Morgan fingerprint density at radius 3 is 2.44 bits per heavy atom. The van der Waals surface area contributed by atoms with E-state index >= 15 is 0 Å². The van der Waals surface area contributed by atoms with Crippen molar-refractivity contribution in [3.05, 3.63) is 92.3 Å². The van der Waals surface area contributed by atoms with E-state index in [-0.39, 0.29) is 36.5 Å². The van der Waals surface area contributed by atoms with Crippen molar-refractivity contribution < 1.29 is 32.0 Å². The summed E-state index contributed by atoms with van der Waals surface area (Å²) in [5.41, 5.74) is -1.46. The maximum Gasteiger partial charge on any atom is 0.433 e. The number of methoxy groups -OCH3 is 2. The fraction of sp³-hybridized carbons (Fsp3) is 0.310. The van der Waals surface area contributed by atoms with Crippen molar-refractivity contribution in [3.8, 4) is 11.5 Å². The van der Waals surface area contributed by atoms with Crippen LogP contribution >= 0.6 is 0 Å². The first kappa shape index (κ1) is 31.0. The molecule has 5 aromatic rings. The molecule has 5 rings (SSSR count). The van der Waals surface area contributed by atoms with E-state index in [0.717, 1.165) is 20.1 Å². The van der Waals surface area contributed by atoms with E-state index in [1.54, 1.807) is 25.1 Å². The average Bonchev–Trinajstić information content (AvgIpc) is 3.70. The number of carbonyl (C=O) groups is 1. The average molecular weight is 628 g/mol. The molecular formula is C29H28F3N7O6. The lowest BCUT2D eigenvalue weighted by atomic mass is 10.1. The Bertz CT molecular complexity index is 1980. The zero-order valence-corrected chi connectivity index (χ0v) is 24.7. The van der Waals surface area contributed by atoms with E-state index in [1.165, 1.54) is 50.6 Å². The molecule has 0 fully saturated rings. The summed E-state index contributed by atoms with van der Waals surface area (Å²) in [5, 5.41) is 3.75. The van der Waals surface area contributed by atoms with Crippen LogP contribution in [0.15, 0.2) is 63.1 Å². The Labute approximate surface area is 253 Å². The Morgan fingerprint density at radius 1 is 1.04 bits per heavy atom. The first-order valence-electron chi connectivity index (χ1n) is 13.6. The minimum atomic E-state index is -4.77. The Kier molecular flexibility index (Phi) is 8.48. The summed E-state index contributed by atoms with van der Waals surface area (Å²) >= 11 is 0. The molecule has 0 aliphatic carbocycles. The van der Waals surface area contributed by atoms with Crippen LogP contribution in [0.2, 0.25) is 0 Å². The minimum absolute atomic E-state index is 0.0195. The molecule has 4 heterocycles. The van der Waals surface area contributed by atoms with Gasteiger partial charge in [-0.2, -0.15) is 13.2 Å². The zero-order valence-electron chi connectivity index (χ0n) is 24.7. The number of benzene rings is 1. The number of pyridine rings is 1. The molecule has 13 nitrogen and oxygen atoms in total. The van der Waals surface area contributed by atoms with Crippen molar-refractivity contribution in [1.82, 2.24) is 28.8 Å². The van der Waals surface area contributed by atoms with Crippen LogP contribution < -0.4 is 25.6 Å². The van der Waals surface area contributed by atoms with Crippen LogP contribution in [0, 0.1) is 0 Å². The van der Waals surface area contributed by atoms with Gasteiger partial charge in [0.1, 0.15) is 30.0 Å². The lowest BCUT2D eigenvalue weighted by molar-refractivity contribution is -0.141. The lowest BCUT2D eigenvalue weighted by Crippen LogP contribution is -2.40. The molecule has 0 saturated heterocycles. The van der Waals surface area contributed by atoms with Gasteiger partial charge in [0.15, 0.2) is 22.7 Å². The van der Waals surface area contributed by atoms with Gasteiger partial charge in [0.25, 0.3) is 5.56 Å². The zero-order chi connectivity index (χ0) is 32.5.